The number of carbonyl (C=O) groups is 4. The van der Waals surface area contributed by atoms with Crippen molar-refractivity contribution >= 4 is 35.0 Å². The van der Waals surface area contributed by atoms with E-state index in [0.717, 1.165) is 22.6 Å². The van der Waals surface area contributed by atoms with E-state index in [4.69, 9.17) is 37.9 Å². The molecule has 390 valence electrons. The summed E-state index contributed by atoms with van der Waals surface area (Å²) in [5.41, 5.74) is -0.685. The molecule has 3 aliphatic heterocycles. The second-order valence-corrected chi connectivity index (χ2v) is 19.8. The van der Waals surface area contributed by atoms with Crippen LogP contribution in [0.2, 0.25) is 0 Å². The molecule has 5 unspecified atom stereocenters. The minimum absolute atomic E-state index is 0.0215. The number of hydrogen-bond donors (Lipinski definition) is 3. The van der Waals surface area contributed by atoms with Crippen LogP contribution in [0.15, 0.2) is 42.5 Å². The number of esters is 3. The molecule has 3 N–H and O–H groups in total. The Morgan fingerprint density at radius 1 is 0.957 bits per heavy atom. The fourth-order valence-electron chi connectivity index (χ4n) is 9.95. The topological polar surface area (TPSA) is 209 Å². The molecular weight excluding hydrogens is 905 g/mol. The minimum atomic E-state index is -1.51. The highest BCUT2D eigenvalue weighted by Crippen LogP contribution is 2.38. The van der Waals surface area contributed by atoms with Gasteiger partial charge in [-0.25, -0.2) is 0 Å². The van der Waals surface area contributed by atoms with Crippen LogP contribution in [0.4, 0.5) is 0 Å². The summed E-state index contributed by atoms with van der Waals surface area (Å²) in [5, 5.41) is 37.5. The zero-order valence-corrected chi connectivity index (χ0v) is 42.7. The van der Waals surface area contributed by atoms with Crippen LogP contribution in [0.5, 0.6) is 0 Å². The van der Waals surface area contributed by atoms with Crippen LogP contribution in [-0.2, 0) is 57.1 Å². The second-order valence-electron chi connectivity index (χ2n) is 19.8. The summed E-state index contributed by atoms with van der Waals surface area (Å²) in [6, 6.07) is 13.2. The maximum Gasteiger partial charge on any atom is 0.309 e. The Morgan fingerprint density at radius 3 is 2.31 bits per heavy atom. The van der Waals surface area contributed by atoms with Crippen molar-refractivity contribution in [3.05, 3.63) is 48.0 Å². The van der Waals surface area contributed by atoms with Crippen molar-refractivity contribution in [3.8, 4) is 11.8 Å². The number of aliphatic hydroxyl groups is 3. The summed E-state index contributed by atoms with van der Waals surface area (Å²) in [6.45, 7) is 11.1. The van der Waals surface area contributed by atoms with Gasteiger partial charge in [-0.15, -0.1) is 0 Å². The number of aliphatic hydroxyl groups excluding tert-OH is 2. The molecule has 0 aliphatic carbocycles. The normalized spacial score (nSPS) is 35.3. The average molecular weight is 983 g/mol. The van der Waals surface area contributed by atoms with Crippen molar-refractivity contribution in [1.29, 1.82) is 0 Å². The second kappa shape index (κ2) is 26.6. The number of carbonyl (C=O) groups excluding carboxylic acids is 4. The molecule has 3 fully saturated rings. The van der Waals surface area contributed by atoms with Crippen LogP contribution in [0.25, 0.3) is 10.8 Å². The Bertz CT molecular complexity index is 2070. The van der Waals surface area contributed by atoms with Crippen molar-refractivity contribution in [1.82, 2.24) is 9.80 Å². The summed E-state index contributed by atoms with van der Waals surface area (Å²) < 4.78 is 49.8. The van der Waals surface area contributed by atoms with Gasteiger partial charge in [-0.2, -0.15) is 0 Å². The first-order valence-corrected chi connectivity index (χ1v) is 24.9. The monoisotopic (exact) mass is 983 g/mol. The van der Waals surface area contributed by atoms with Crippen LogP contribution >= 0.6 is 0 Å². The lowest BCUT2D eigenvalue weighted by Gasteiger charge is -2.50. The smallest absolute Gasteiger partial charge is 0.309 e. The highest BCUT2D eigenvalue weighted by atomic mass is 16.7. The summed E-state index contributed by atoms with van der Waals surface area (Å²) >= 11 is 0. The molecule has 17 nitrogen and oxygen atoms in total. The number of rotatable bonds is 13. The number of ether oxygens (including phenoxy) is 8. The van der Waals surface area contributed by atoms with Gasteiger partial charge in [0.2, 0.25) is 0 Å². The number of nitrogens with zero attached hydrogens (tertiary/aromatic N) is 2. The van der Waals surface area contributed by atoms with Gasteiger partial charge in [0.15, 0.2) is 18.7 Å². The van der Waals surface area contributed by atoms with Crippen molar-refractivity contribution in [2.75, 3.05) is 41.3 Å². The molecule has 0 radical (unpaired) electrons. The molecule has 2 aromatic carbocycles. The Hall–Kier alpha value is -4.06. The van der Waals surface area contributed by atoms with Crippen LogP contribution in [-0.4, -0.2) is 176 Å². The van der Waals surface area contributed by atoms with E-state index in [1.165, 1.54) is 7.11 Å². The van der Waals surface area contributed by atoms with Crippen LogP contribution < -0.4 is 0 Å². The third-order valence-electron chi connectivity index (χ3n) is 13.8. The number of β-amino-alcohol motifs (C(OH)–C–C–N with tert-alkyl or cyclic N) is 1. The number of hydrogen-bond acceptors (Lipinski definition) is 17. The number of cyclic esters (lactones) is 1. The molecule has 2 aromatic rings. The van der Waals surface area contributed by atoms with Crippen molar-refractivity contribution < 1.29 is 72.4 Å². The maximum absolute atomic E-state index is 14.1. The zero-order valence-electron chi connectivity index (χ0n) is 42.7. The molecule has 16 atom stereocenters. The molecule has 5 rings (SSSR count). The first kappa shape index (κ1) is 56.8. The van der Waals surface area contributed by atoms with Gasteiger partial charge >= 0.3 is 17.9 Å². The minimum Gasteiger partial charge on any atom is -0.461 e. The van der Waals surface area contributed by atoms with Crippen molar-refractivity contribution in [2.45, 2.75) is 185 Å². The van der Waals surface area contributed by atoms with Gasteiger partial charge in [-0.3, -0.25) is 14.4 Å². The van der Waals surface area contributed by atoms with E-state index >= 15 is 0 Å². The Balaban J connectivity index is 1.45. The molecular formula is C53H78N2O15. The summed E-state index contributed by atoms with van der Waals surface area (Å²) in [6.07, 6.45) is -10.4. The van der Waals surface area contributed by atoms with Crippen LogP contribution in [0.3, 0.4) is 0 Å². The van der Waals surface area contributed by atoms with E-state index in [2.05, 4.69) is 11.8 Å². The molecule has 70 heavy (non-hydrogen) atoms. The first-order chi connectivity index (χ1) is 33.3. The molecule has 0 amide bonds. The first-order valence-electron chi connectivity index (χ1n) is 24.9. The number of methoxy groups -OCH3 is 1. The predicted molar refractivity (Wildman–Crippen MR) is 259 cm³/mol. The predicted octanol–water partition coefficient (Wildman–Crippen LogP) is 4.55. The van der Waals surface area contributed by atoms with E-state index < -0.39 is 116 Å². The highest BCUT2D eigenvalue weighted by molar-refractivity contribution is 5.83. The standard InChI is InChI=1S/C53H78N2O15/c1-11-42(58)67-41-29-44(60)66-39(20-15-17-35-22-23-36-18-13-14-19-37(36)28-35)21-16-25-55(9)31-40(57)32(3)27-38(24-26-56)49(50(41)63-10)70-52-47(61)46(54(7)8)48(33(4)65-52)69-45-30-53(6,62)51(34(5)64-45)68-43(59)12-2/h13-14,18-19,22-23,26,28,32-34,38-41,45-52,57,61-62H,11-12,16,20-21,24-25,27,29-31H2,1-10H3/t32-,33?,34?,38+,39+,40+,41-,45+,46?,47?,48+,49+,50+,51+,52+,53?/m1/s1. The lowest BCUT2D eigenvalue weighted by atomic mass is 9.82. The molecule has 17 heteroatoms. The Labute approximate surface area is 413 Å². The van der Waals surface area contributed by atoms with E-state index in [1.54, 1.807) is 53.6 Å². The summed E-state index contributed by atoms with van der Waals surface area (Å²) in [7, 11) is 6.81. The number of likely N-dealkylation sites (N-methyl/N-ethyl adjacent to an activating group) is 2. The fourth-order valence-corrected chi connectivity index (χ4v) is 9.95. The molecule has 0 saturated carbocycles. The van der Waals surface area contributed by atoms with Gasteiger partial charge in [0.05, 0.1) is 36.9 Å². The third kappa shape index (κ3) is 15.5. The van der Waals surface area contributed by atoms with Gasteiger partial charge in [-0.1, -0.05) is 62.9 Å². The number of benzene rings is 2. The quantitative estimate of drug-likeness (QED) is 0.109. The third-order valence-corrected chi connectivity index (χ3v) is 13.8. The van der Waals surface area contributed by atoms with Gasteiger partial charge in [0.1, 0.15) is 42.4 Å². The Morgan fingerprint density at radius 2 is 1.66 bits per heavy atom. The van der Waals surface area contributed by atoms with Crippen LogP contribution in [0.1, 0.15) is 105 Å². The lowest BCUT2D eigenvalue weighted by Crippen LogP contribution is -2.66. The number of aldehydes is 1. The van der Waals surface area contributed by atoms with Gasteiger partial charge in [0.25, 0.3) is 0 Å². The molecule has 3 heterocycles. The lowest BCUT2D eigenvalue weighted by molar-refractivity contribution is -0.344. The summed E-state index contributed by atoms with van der Waals surface area (Å²) in [4.78, 5) is 55.9. The molecule has 0 aromatic heterocycles. The average Bonchev–Trinajstić information content (AvgIpc) is 3.30. The van der Waals surface area contributed by atoms with Gasteiger partial charge < -0.3 is 67.8 Å². The molecule has 3 saturated heterocycles. The largest absolute Gasteiger partial charge is 0.461 e. The Kier molecular flexibility index (Phi) is 21.6. The fraction of sp³-hybridized carbons (Fsp3) is 0.698. The van der Waals surface area contributed by atoms with E-state index in [0.29, 0.717) is 25.9 Å². The van der Waals surface area contributed by atoms with Gasteiger partial charge in [-0.05, 0) is 102 Å². The number of fused-ring (bicyclic) bond motifs is 1. The van der Waals surface area contributed by atoms with Crippen LogP contribution in [0, 0.1) is 23.7 Å². The highest BCUT2D eigenvalue weighted by Gasteiger charge is 2.53. The van der Waals surface area contributed by atoms with E-state index in [-0.39, 0.29) is 44.4 Å². The van der Waals surface area contributed by atoms with Gasteiger partial charge in [0, 0.05) is 51.3 Å². The zero-order chi connectivity index (χ0) is 51.3. The van der Waals surface area contributed by atoms with Crippen molar-refractivity contribution in [2.24, 2.45) is 11.8 Å². The van der Waals surface area contributed by atoms with Crippen molar-refractivity contribution in [3.63, 3.8) is 0 Å². The van der Waals surface area contributed by atoms with E-state index in [1.807, 2.05) is 61.3 Å². The molecule has 0 spiro atoms. The maximum atomic E-state index is 14.1. The molecule has 3 aliphatic rings. The SMILES string of the molecule is CCC(=O)O[C@@H]1CC(=O)O[C@@H](CC#Cc2ccc3ccccc3c2)CCCN(C)C[C@H](O)[C@H](C)C[C@H](CC=O)[C@H](O[C@@H]2OC(C)[C@H](O[C@H]3CC(C)(O)[C@@H](OC(=O)CC)C(C)O3)C(N(C)C)C2O)[C@H]1OC. The summed E-state index contributed by atoms with van der Waals surface area (Å²) in [5.74, 6) is 3.58. The van der Waals surface area contributed by atoms with E-state index in [9.17, 15) is 34.5 Å². The molecule has 0 bridgehead atoms.